The van der Waals surface area contributed by atoms with Gasteiger partial charge >= 0.3 is 5.97 Å². The summed E-state index contributed by atoms with van der Waals surface area (Å²) < 4.78 is 4.77. The molecule has 1 aliphatic carbocycles. The molecule has 0 spiro atoms. The first-order valence-electron chi connectivity index (χ1n) is 11.5. The van der Waals surface area contributed by atoms with Crippen LogP contribution in [0.25, 0.3) is 16.5 Å². The van der Waals surface area contributed by atoms with Crippen molar-refractivity contribution in [3.8, 4) is 0 Å². The molecule has 2 aromatic carbocycles. The summed E-state index contributed by atoms with van der Waals surface area (Å²) in [7, 11) is 3.50. The van der Waals surface area contributed by atoms with Crippen molar-refractivity contribution in [2.24, 2.45) is 5.92 Å². The topological polar surface area (TPSA) is 65.6 Å². The molecule has 3 aromatic rings. The monoisotopic (exact) mass is 443 g/mol. The molecule has 2 unspecified atom stereocenters. The summed E-state index contributed by atoms with van der Waals surface area (Å²) in [5, 5.41) is 1.29. The van der Waals surface area contributed by atoms with Crippen LogP contribution in [-0.4, -0.2) is 59.9 Å². The number of esters is 1. The smallest absolute Gasteiger partial charge is 0.337 e. The lowest BCUT2D eigenvalue weighted by Gasteiger charge is -2.40. The zero-order valence-electron chi connectivity index (χ0n) is 19.3. The van der Waals surface area contributed by atoms with E-state index in [-0.39, 0.29) is 17.8 Å². The number of likely N-dealkylation sites (N-methyl/N-ethyl adjacent to an activating group) is 1. The van der Waals surface area contributed by atoms with Crippen molar-refractivity contribution in [3.05, 3.63) is 77.0 Å². The number of hydrogen-bond acceptors (Lipinski definition) is 4. The fourth-order valence-corrected chi connectivity index (χ4v) is 5.27. The number of amides is 1. The number of aromatic nitrogens is 1. The first-order valence-corrected chi connectivity index (χ1v) is 11.5. The molecular formula is C27H29N3O3. The Balaban J connectivity index is 1.41. The summed E-state index contributed by atoms with van der Waals surface area (Å²) >= 11 is 0. The molecule has 2 aliphatic rings. The van der Waals surface area contributed by atoms with Crippen LogP contribution in [0.4, 0.5) is 0 Å². The molecule has 2 atom stereocenters. The average Bonchev–Trinajstić information content (AvgIpc) is 3.26. The Morgan fingerprint density at radius 3 is 2.70 bits per heavy atom. The molecule has 170 valence electrons. The number of carbonyl (C=O) groups excluding carboxylic acids is 2. The Kier molecular flexibility index (Phi) is 5.54. The van der Waals surface area contributed by atoms with E-state index in [1.54, 1.807) is 12.1 Å². The Morgan fingerprint density at radius 1 is 1.18 bits per heavy atom. The van der Waals surface area contributed by atoms with Gasteiger partial charge < -0.3 is 14.6 Å². The highest BCUT2D eigenvalue weighted by molar-refractivity contribution is 5.99. The summed E-state index contributed by atoms with van der Waals surface area (Å²) in [5.41, 5.74) is 6.51. The van der Waals surface area contributed by atoms with E-state index >= 15 is 0 Å². The number of ether oxygens (including phenoxy) is 1. The second-order valence-corrected chi connectivity index (χ2v) is 8.97. The van der Waals surface area contributed by atoms with E-state index in [0.29, 0.717) is 31.2 Å². The van der Waals surface area contributed by atoms with Crippen molar-refractivity contribution < 1.29 is 14.3 Å². The maximum Gasteiger partial charge on any atom is 0.337 e. The van der Waals surface area contributed by atoms with Gasteiger partial charge in [0.15, 0.2) is 0 Å². The number of H-pyrrole nitrogens is 1. The molecule has 6 nitrogen and oxygen atoms in total. The van der Waals surface area contributed by atoms with Crippen LogP contribution >= 0.6 is 0 Å². The SMILES string of the molecule is CCN(Cc1ccc(C(=O)OC)cc1)C(=O)C1C=C2c3cccc4[nH]cc(c34)CC2N(C)C1. The molecule has 0 saturated heterocycles. The van der Waals surface area contributed by atoms with Crippen molar-refractivity contribution in [2.45, 2.75) is 25.9 Å². The lowest BCUT2D eigenvalue weighted by atomic mass is 9.79. The fourth-order valence-electron chi connectivity index (χ4n) is 5.27. The second kappa shape index (κ2) is 8.52. The van der Waals surface area contributed by atoms with Crippen molar-refractivity contribution in [1.29, 1.82) is 0 Å². The highest BCUT2D eigenvalue weighted by Gasteiger charge is 2.36. The number of nitrogens with zero attached hydrogens (tertiary/aromatic N) is 2. The van der Waals surface area contributed by atoms with Gasteiger partial charge in [-0.3, -0.25) is 9.69 Å². The summed E-state index contributed by atoms with van der Waals surface area (Å²) in [6.07, 6.45) is 5.30. The van der Waals surface area contributed by atoms with Crippen LogP contribution in [0.2, 0.25) is 0 Å². The molecular weight excluding hydrogens is 414 g/mol. The molecule has 1 N–H and O–H groups in total. The summed E-state index contributed by atoms with van der Waals surface area (Å²) in [4.78, 5) is 32.9. The highest BCUT2D eigenvalue weighted by Crippen LogP contribution is 2.41. The summed E-state index contributed by atoms with van der Waals surface area (Å²) in [5.74, 6) is -0.407. The maximum absolute atomic E-state index is 13.6. The van der Waals surface area contributed by atoms with Gasteiger partial charge in [0.2, 0.25) is 5.91 Å². The molecule has 1 aliphatic heterocycles. The van der Waals surface area contributed by atoms with Crippen molar-refractivity contribution >= 4 is 28.4 Å². The van der Waals surface area contributed by atoms with Gasteiger partial charge in [-0.15, -0.1) is 0 Å². The van der Waals surface area contributed by atoms with Gasteiger partial charge in [0, 0.05) is 42.8 Å². The van der Waals surface area contributed by atoms with E-state index in [0.717, 1.165) is 17.5 Å². The molecule has 33 heavy (non-hydrogen) atoms. The van der Waals surface area contributed by atoms with Crippen LogP contribution in [-0.2, 0) is 22.5 Å². The minimum atomic E-state index is -0.357. The largest absolute Gasteiger partial charge is 0.465 e. The number of benzene rings is 2. The third-order valence-electron chi connectivity index (χ3n) is 7.03. The van der Waals surface area contributed by atoms with Gasteiger partial charge in [0.05, 0.1) is 18.6 Å². The molecule has 0 fully saturated rings. The minimum absolute atomic E-state index is 0.138. The van der Waals surface area contributed by atoms with Gasteiger partial charge in [-0.1, -0.05) is 30.3 Å². The van der Waals surface area contributed by atoms with Gasteiger partial charge in [0.1, 0.15) is 0 Å². The number of nitrogens with one attached hydrogen (secondary N) is 1. The molecule has 1 amide bonds. The fraction of sp³-hybridized carbons (Fsp3) is 0.333. The molecule has 0 radical (unpaired) electrons. The number of hydrogen-bond donors (Lipinski definition) is 1. The van der Waals surface area contributed by atoms with Crippen molar-refractivity contribution in [1.82, 2.24) is 14.8 Å². The number of rotatable bonds is 5. The Labute approximate surface area is 193 Å². The maximum atomic E-state index is 13.6. The van der Waals surface area contributed by atoms with E-state index in [1.807, 2.05) is 24.0 Å². The van der Waals surface area contributed by atoms with E-state index in [2.05, 4.69) is 47.4 Å². The first kappa shape index (κ1) is 21.5. The first-order chi connectivity index (χ1) is 16.0. The second-order valence-electron chi connectivity index (χ2n) is 8.97. The number of fused-ring (bicyclic) bond motifs is 2. The van der Waals surface area contributed by atoms with Crippen molar-refractivity contribution in [3.63, 3.8) is 0 Å². The molecule has 6 heteroatoms. The number of methoxy groups -OCH3 is 1. The number of carbonyl (C=O) groups is 2. The van der Waals surface area contributed by atoms with Gasteiger partial charge in [-0.25, -0.2) is 4.79 Å². The molecule has 0 saturated carbocycles. The van der Waals surface area contributed by atoms with Gasteiger partial charge in [0.25, 0.3) is 0 Å². The predicted octanol–water partition coefficient (Wildman–Crippen LogP) is 3.87. The zero-order valence-corrected chi connectivity index (χ0v) is 19.3. The molecule has 2 heterocycles. The lowest BCUT2D eigenvalue weighted by molar-refractivity contribution is -0.135. The molecule has 5 rings (SSSR count). The Bertz CT molecular complexity index is 1240. The van der Waals surface area contributed by atoms with Crippen LogP contribution in [0.5, 0.6) is 0 Å². The summed E-state index contributed by atoms with van der Waals surface area (Å²) in [6, 6.07) is 13.9. The van der Waals surface area contributed by atoms with Crippen LogP contribution in [0.15, 0.2) is 54.7 Å². The Hall–Kier alpha value is -3.38. The third kappa shape index (κ3) is 3.74. The lowest BCUT2D eigenvalue weighted by Crippen LogP contribution is -2.47. The van der Waals surface area contributed by atoms with Crippen molar-refractivity contribution in [2.75, 3.05) is 27.2 Å². The van der Waals surface area contributed by atoms with E-state index in [4.69, 9.17) is 4.74 Å². The quantitative estimate of drug-likeness (QED) is 0.608. The Morgan fingerprint density at radius 2 is 1.97 bits per heavy atom. The van der Waals surface area contributed by atoms with Crippen LogP contribution in [0, 0.1) is 5.92 Å². The van der Waals surface area contributed by atoms with Gasteiger partial charge in [-0.2, -0.15) is 0 Å². The van der Waals surface area contributed by atoms with E-state index in [9.17, 15) is 9.59 Å². The average molecular weight is 444 g/mol. The summed E-state index contributed by atoms with van der Waals surface area (Å²) in [6.45, 7) is 3.86. The van der Waals surface area contributed by atoms with Gasteiger partial charge in [-0.05, 0) is 60.9 Å². The zero-order chi connectivity index (χ0) is 23.1. The third-order valence-corrected chi connectivity index (χ3v) is 7.03. The van der Waals surface area contributed by atoms with E-state index < -0.39 is 0 Å². The normalized spacial score (nSPS) is 19.7. The number of aromatic amines is 1. The minimum Gasteiger partial charge on any atom is -0.465 e. The van der Waals surface area contributed by atoms with Crippen LogP contribution in [0.1, 0.15) is 34.0 Å². The van der Waals surface area contributed by atoms with Crippen LogP contribution in [0.3, 0.4) is 0 Å². The van der Waals surface area contributed by atoms with Crippen LogP contribution < -0.4 is 0 Å². The molecule has 0 bridgehead atoms. The van der Waals surface area contributed by atoms with E-state index in [1.165, 1.54) is 29.2 Å². The predicted molar refractivity (Wildman–Crippen MR) is 129 cm³/mol. The highest BCUT2D eigenvalue weighted by atomic mass is 16.5. The molecule has 1 aromatic heterocycles. The standard InChI is InChI=1S/C27H29N3O3/c1-4-30(15-17-8-10-18(11-9-17)27(32)33-3)26(31)20-12-22-21-6-5-7-23-25(21)19(14-28-23)13-24(22)29(2)16-20/h5-12,14,20,24,28H,4,13,15-16H2,1-3H3.